The van der Waals surface area contributed by atoms with Crippen LogP contribution in [0.5, 0.6) is 5.75 Å². The number of ether oxygens (including phenoxy) is 1. The molecule has 4 nitrogen and oxygen atoms in total. The third kappa shape index (κ3) is 2.94. The van der Waals surface area contributed by atoms with Crippen molar-refractivity contribution in [3.63, 3.8) is 0 Å². The van der Waals surface area contributed by atoms with Gasteiger partial charge in [-0.15, -0.1) is 0 Å². The molecule has 124 valence electrons. The topological polar surface area (TPSA) is 42.7 Å². The number of benzene rings is 1. The molecule has 0 N–H and O–H groups in total. The first-order chi connectivity index (χ1) is 11.2. The van der Waals surface area contributed by atoms with Crippen LogP contribution >= 0.6 is 0 Å². The standard InChI is InChI=1S/C19H25NO3/c1-4-20(14-8-6-5-7-9-14)19(21)18-13(2)16-12-15(22-3)10-11-17(16)23-18/h10-12,14H,4-9H2,1-3H3. The van der Waals surface area contributed by atoms with Crippen LogP contribution < -0.4 is 4.74 Å². The van der Waals surface area contributed by atoms with Gasteiger partial charge in [-0.1, -0.05) is 19.3 Å². The van der Waals surface area contributed by atoms with Crippen LogP contribution in [-0.2, 0) is 0 Å². The Kier molecular flexibility index (Phi) is 4.60. The maximum atomic E-state index is 13.0. The van der Waals surface area contributed by atoms with Crippen molar-refractivity contribution < 1.29 is 13.9 Å². The van der Waals surface area contributed by atoms with Crippen molar-refractivity contribution in [2.75, 3.05) is 13.7 Å². The van der Waals surface area contributed by atoms with E-state index in [0.29, 0.717) is 11.8 Å². The maximum absolute atomic E-state index is 13.0. The molecule has 3 rings (SSSR count). The van der Waals surface area contributed by atoms with Crippen molar-refractivity contribution in [3.8, 4) is 5.75 Å². The van der Waals surface area contributed by atoms with E-state index >= 15 is 0 Å². The van der Waals surface area contributed by atoms with E-state index in [-0.39, 0.29) is 5.91 Å². The molecule has 0 spiro atoms. The van der Waals surface area contributed by atoms with Gasteiger partial charge in [0, 0.05) is 23.5 Å². The number of fused-ring (bicyclic) bond motifs is 1. The molecule has 1 saturated carbocycles. The van der Waals surface area contributed by atoms with Gasteiger partial charge < -0.3 is 14.1 Å². The summed E-state index contributed by atoms with van der Waals surface area (Å²) in [4.78, 5) is 15.0. The number of carbonyl (C=O) groups is 1. The summed E-state index contributed by atoms with van der Waals surface area (Å²) >= 11 is 0. The Bertz CT molecular complexity index is 698. The molecule has 0 aliphatic heterocycles. The van der Waals surface area contributed by atoms with Gasteiger partial charge in [-0.05, 0) is 44.9 Å². The van der Waals surface area contributed by atoms with Gasteiger partial charge in [-0.2, -0.15) is 0 Å². The largest absolute Gasteiger partial charge is 0.497 e. The van der Waals surface area contributed by atoms with Gasteiger partial charge in [0.1, 0.15) is 11.3 Å². The highest BCUT2D eigenvalue weighted by molar-refractivity contribution is 5.99. The second-order valence-corrected chi connectivity index (χ2v) is 6.30. The van der Waals surface area contributed by atoms with Crippen molar-refractivity contribution in [1.82, 2.24) is 4.90 Å². The van der Waals surface area contributed by atoms with Gasteiger partial charge in [0.2, 0.25) is 0 Å². The summed E-state index contributed by atoms with van der Waals surface area (Å²) in [5.41, 5.74) is 1.64. The fourth-order valence-corrected chi connectivity index (χ4v) is 3.62. The van der Waals surface area contributed by atoms with Crippen LogP contribution in [0.2, 0.25) is 0 Å². The second kappa shape index (κ2) is 6.65. The van der Waals surface area contributed by atoms with Crippen LogP contribution in [0.1, 0.15) is 55.1 Å². The molecule has 1 heterocycles. The van der Waals surface area contributed by atoms with E-state index in [0.717, 1.165) is 41.7 Å². The third-order valence-electron chi connectivity index (χ3n) is 4.95. The van der Waals surface area contributed by atoms with E-state index in [9.17, 15) is 4.79 Å². The monoisotopic (exact) mass is 315 g/mol. The number of nitrogens with zero attached hydrogens (tertiary/aromatic N) is 1. The first kappa shape index (κ1) is 15.9. The predicted octanol–water partition coefficient (Wildman–Crippen LogP) is 4.54. The minimum Gasteiger partial charge on any atom is -0.497 e. The molecule has 1 fully saturated rings. The first-order valence-corrected chi connectivity index (χ1v) is 8.53. The smallest absolute Gasteiger partial charge is 0.290 e. The van der Waals surface area contributed by atoms with Crippen LogP contribution in [-0.4, -0.2) is 30.5 Å². The molecule has 2 aromatic rings. The van der Waals surface area contributed by atoms with Crippen molar-refractivity contribution >= 4 is 16.9 Å². The molecule has 1 aliphatic carbocycles. The normalized spacial score (nSPS) is 15.8. The van der Waals surface area contributed by atoms with E-state index in [1.165, 1.54) is 19.3 Å². The molecule has 0 atom stereocenters. The summed E-state index contributed by atoms with van der Waals surface area (Å²) in [6, 6.07) is 6.01. The molecule has 0 radical (unpaired) electrons. The minimum atomic E-state index is 0.0204. The average Bonchev–Trinajstić information content (AvgIpc) is 2.92. The highest BCUT2D eigenvalue weighted by Gasteiger charge is 2.28. The van der Waals surface area contributed by atoms with Gasteiger partial charge in [-0.3, -0.25) is 4.79 Å². The van der Waals surface area contributed by atoms with Crippen LogP contribution in [0, 0.1) is 6.92 Å². The zero-order chi connectivity index (χ0) is 16.4. The van der Waals surface area contributed by atoms with E-state index in [4.69, 9.17) is 9.15 Å². The van der Waals surface area contributed by atoms with Crippen LogP contribution in [0.25, 0.3) is 11.0 Å². The molecular formula is C19H25NO3. The van der Waals surface area contributed by atoms with Gasteiger partial charge in [-0.25, -0.2) is 0 Å². The molecule has 1 amide bonds. The van der Waals surface area contributed by atoms with E-state index < -0.39 is 0 Å². The summed E-state index contributed by atoms with van der Waals surface area (Å²) in [5.74, 6) is 1.27. The number of amides is 1. The molecule has 23 heavy (non-hydrogen) atoms. The van der Waals surface area contributed by atoms with Gasteiger partial charge in [0.05, 0.1) is 7.11 Å². The lowest BCUT2D eigenvalue weighted by atomic mass is 9.94. The number of furan rings is 1. The summed E-state index contributed by atoms with van der Waals surface area (Å²) in [5, 5.41) is 0.951. The van der Waals surface area contributed by atoms with E-state index in [1.807, 2.05) is 36.9 Å². The molecule has 0 saturated heterocycles. The van der Waals surface area contributed by atoms with Crippen LogP contribution in [0.15, 0.2) is 22.6 Å². The van der Waals surface area contributed by atoms with Crippen LogP contribution in [0.4, 0.5) is 0 Å². The Morgan fingerprint density at radius 2 is 2.04 bits per heavy atom. The molecule has 4 heteroatoms. The van der Waals surface area contributed by atoms with Crippen molar-refractivity contribution in [1.29, 1.82) is 0 Å². The van der Waals surface area contributed by atoms with E-state index in [2.05, 4.69) is 0 Å². The Morgan fingerprint density at radius 1 is 1.30 bits per heavy atom. The molecule has 1 aliphatic rings. The van der Waals surface area contributed by atoms with E-state index in [1.54, 1.807) is 7.11 Å². The number of rotatable bonds is 4. The van der Waals surface area contributed by atoms with Gasteiger partial charge in [0.25, 0.3) is 5.91 Å². The van der Waals surface area contributed by atoms with Crippen molar-refractivity contribution in [2.24, 2.45) is 0 Å². The Balaban J connectivity index is 1.94. The van der Waals surface area contributed by atoms with Crippen LogP contribution in [0.3, 0.4) is 0 Å². The van der Waals surface area contributed by atoms with Gasteiger partial charge >= 0.3 is 0 Å². The fraction of sp³-hybridized carbons (Fsp3) is 0.526. The molecule has 1 aromatic carbocycles. The molecule has 1 aromatic heterocycles. The van der Waals surface area contributed by atoms with Gasteiger partial charge in [0.15, 0.2) is 5.76 Å². The Hall–Kier alpha value is -1.97. The molecular weight excluding hydrogens is 290 g/mol. The average molecular weight is 315 g/mol. The lowest BCUT2D eigenvalue weighted by Gasteiger charge is -2.33. The number of hydrogen-bond acceptors (Lipinski definition) is 3. The predicted molar refractivity (Wildman–Crippen MR) is 91.1 cm³/mol. The number of aryl methyl sites for hydroxylation is 1. The second-order valence-electron chi connectivity index (χ2n) is 6.30. The Morgan fingerprint density at radius 3 is 2.70 bits per heavy atom. The highest BCUT2D eigenvalue weighted by Crippen LogP contribution is 2.31. The number of methoxy groups -OCH3 is 1. The zero-order valence-electron chi connectivity index (χ0n) is 14.2. The quantitative estimate of drug-likeness (QED) is 0.831. The Labute approximate surface area is 137 Å². The minimum absolute atomic E-state index is 0.0204. The van der Waals surface area contributed by atoms with Crippen molar-refractivity contribution in [2.45, 2.75) is 52.0 Å². The lowest BCUT2D eigenvalue weighted by molar-refractivity contribution is 0.0617. The lowest BCUT2D eigenvalue weighted by Crippen LogP contribution is -2.41. The zero-order valence-corrected chi connectivity index (χ0v) is 14.2. The summed E-state index contributed by atoms with van der Waals surface area (Å²) in [6.45, 7) is 4.73. The summed E-state index contributed by atoms with van der Waals surface area (Å²) < 4.78 is 11.2. The summed E-state index contributed by atoms with van der Waals surface area (Å²) in [6.07, 6.45) is 5.92. The molecule has 0 bridgehead atoms. The SMILES string of the molecule is CCN(C(=O)c1oc2ccc(OC)cc2c1C)C1CCCCC1. The first-order valence-electron chi connectivity index (χ1n) is 8.53. The maximum Gasteiger partial charge on any atom is 0.290 e. The fourth-order valence-electron chi connectivity index (χ4n) is 3.62. The van der Waals surface area contributed by atoms with Crippen molar-refractivity contribution in [3.05, 3.63) is 29.5 Å². The number of carbonyl (C=O) groups excluding carboxylic acids is 1. The number of hydrogen-bond donors (Lipinski definition) is 0. The highest BCUT2D eigenvalue weighted by atomic mass is 16.5. The summed E-state index contributed by atoms with van der Waals surface area (Å²) in [7, 11) is 1.64. The third-order valence-corrected chi connectivity index (χ3v) is 4.95. The molecule has 0 unspecified atom stereocenters.